The van der Waals surface area contributed by atoms with Crippen LogP contribution in [0.3, 0.4) is 0 Å². The van der Waals surface area contributed by atoms with Gasteiger partial charge < -0.3 is 5.73 Å². The molecule has 1 aromatic heterocycles. The van der Waals surface area contributed by atoms with Crippen LogP contribution < -0.4 is 5.73 Å². The molecule has 0 radical (unpaired) electrons. The summed E-state index contributed by atoms with van der Waals surface area (Å²) in [6.07, 6.45) is 7.52. The number of fused-ring (bicyclic) bond motifs is 1. The van der Waals surface area contributed by atoms with E-state index in [0.29, 0.717) is 0 Å². The molecule has 0 saturated carbocycles. The van der Waals surface area contributed by atoms with E-state index < -0.39 is 22.8 Å². The summed E-state index contributed by atoms with van der Waals surface area (Å²) < 4.78 is 0. The number of hydrogen-bond donors (Lipinski definition) is 2. The van der Waals surface area contributed by atoms with E-state index in [0.717, 1.165) is 33.2 Å². The van der Waals surface area contributed by atoms with Crippen molar-refractivity contribution in [2.45, 2.75) is 16.9 Å². The molecule has 5 aromatic rings. The third kappa shape index (κ3) is 3.43. The maximum atomic E-state index is 13.6. The summed E-state index contributed by atoms with van der Waals surface area (Å²) >= 11 is 0. The van der Waals surface area contributed by atoms with Crippen molar-refractivity contribution in [3.63, 3.8) is 0 Å². The molecule has 5 heteroatoms. The van der Waals surface area contributed by atoms with E-state index in [1.165, 1.54) is 0 Å². The lowest BCUT2D eigenvalue weighted by atomic mass is 9.53. The number of nitrogens with zero attached hydrogens (tertiary/aromatic N) is 2. The van der Waals surface area contributed by atoms with Crippen LogP contribution in [0.1, 0.15) is 28.2 Å². The first-order chi connectivity index (χ1) is 18.2. The number of H-pyrrole nitrogens is 1. The number of carbonyl (C=O) groups is 1. The van der Waals surface area contributed by atoms with E-state index in [9.17, 15) is 4.79 Å². The minimum absolute atomic E-state index is 0.446. The Bertz CT molecular complexity index is 1500. The van der Waals surface area contributed by atoms with Crippen LogP contribution in [0.25, 0.3) is 10.9 Å². The van der Waals surface area contributed by atoms with E-state index in [1.54, 1.807) is 12.4 Å². The Hall–Kier alpha value is -4.77. The monoisotopic (exact) mass is 482 g/mol. The Morgan fingerprint density at radius 1 is 0.811 bits per heavy atom. The molecule has 0 saturated heterocycles. The number of aromatic nitrogens is 2. The van der Waals surface area contributed by atoms with Gasteiger partial charge in [-0.25, -0.2) is 0 Å². The number of aliphatic imine (C=N–C) groups is 1. The topological polar surface area (TPSA) is 84.1 Å². The lowest BCUT2D eigenvalue weighted by Gasteiger charge is -2.50. The molecule has 0 aliphatic carbocycles. The number of nitrogens with two attached hydrogens (primary N) is 1. The number of nitrogens with one attached hydrogen (secondary N) is 1. The molecule has 1 aliphatic rings. The fourth-order valence-electron chi connectivity index (χ4n) is 6.04. The molecule has 1 amide bonds. The number of primary amides is 1. The van der Waals surface area contributed by atoms with Crippen LogP contribution in [-0.4, -0.2) is 27.9 Å². The van der Waals surface area contributed by atoms with Crippen LogP contribution >= 0.6 is 0 Å². The van der Waals surface area contributed by atoms with Crippen LogP contribution in [0.5, 0.6) is 0 Å². The largest absolute Gasteiger partial charge is 0.369 e. The highest BCUT2D eigenvalue weighted by atomic mass is 16.1. The second-order valence-corrected chi connectivity index (χ2v) is 9.36. The van der Waals surface area contributed by atoms with Gasteiger partial charge in [-0.2, -0.15) is 5.10 Å². The maximum Gasteiger partial charge on any atom is 0.227 e. The molecule has 6 rings (SSSR count). The van der Waals surface area contributed by atoms with Crippen LogP contribution in [0.15, 0.2) is 133 Å². The summed E-state index contributed by atoms with van der Waals surface area (Å²) in [6.45, 7) is 0. The fourth-order valence-corrected chi connectivity index (χ4v) is 6.04. The van der Waals surface area contributed by atoms with Gasteiger partial charge in [-0.15, -0.1) is 0 Å². The van der Waals surface area contributed by atoms with Gasteiger partial charge in [0.1, 0.15) is 5.54 Å². The normalized spacial score (nSPS) is 17.7. The molecule has 3 N–H and O–H groups in total. The smallest absolute Gasteiger partial charge is 0.227 e. The van der Waals surface area contributed by atoms with Crippen LogP contribution in [-0.2, 0) is 10.2 Å². The molecule has 2 atom stereocenters. The summed E-state index contributed by atoms with van der Waals surface area (Å²) in [6, 6.07) is 36.7. The first kappa shape index (κ1) is 22.7. The highest BCUT2D eigenvalue weighted by molar-refractivity contribution is 5.90. The highest BCUT2D eigenvalue weighted by Crippen LogP contribution is 2.56. The van der Waals surface area contributed by atoms with Gasteiger partial charge in [0.15, 0.2) is 0 Å². The minimum Gasteiger partial charge on any atom is -0.369 e. The Morgan fingerprint density at radius 2 is 1.38 bits per heavy atom. The maximum absolute atomic E-state index is 13.6. The summed E-state index contributed by atoms with van der Waals surface area (Å²) in [4.78, 5) is 18.8. The second kappa shape index (κ2) is 9.03. The number of aromatic amines is 1. The number of rotatable bonds is 7. The van der Waals surface area contributed by atoms with E-state index in [2.05, 4.69) is 52.7 Å². The van der Waals surface area contributed by atoms with Crippen molar-refractivity contribution in [2.75, 3.05) is 0 Å². The van der Waals surface area contributed by atoms with Crippen LogP contribution in [0.4, 0.5) is 0 Å². The van der Waals surface area contributed by atoms with Gasteiger partial charge in [-0.3, -0.25) is 14.9 Å². The minimum atomic E-state index is -1.08. The molecule has 2 unspecified atom stereocenters. The van der Waals surface area contributed by atoms with Crippen molar-refractivity contribution in [3.05, 3.63) is 150 Å². The zero-order chi connectivity index (χ0) is 25.3. The Kier molecular flexibility index (Phi) is 5.53. The van der Waals surface area contributed by atoms with Gasteiger partial charge in [-0.05, 0) is 40.5 Å². The van der Waals surface area contributed by atoms with Gasteiger partial charge in [0.25, 0.3) is 0 Å². The van der Waals surface area contributed by atoms with E-state index in [1.807, 2.05) is 78.9 Å². The number of hydrogen-bond acceptors (Lipinski definition) is 3. The Morgan fingerprint density at radius 3 is 1.86 bits per heavy atom. The first-order valence-electron chi connectivity index (χ1n) is 12.3. The number of amides is 1. The predicted molar refractivity (Wildman–Crippen MR) is 148 cm³/mol. The molecular formula is C32H26N4O. The zero-order valence-electron chi connectivity index (χ0n) is 20.2. The van der Waals surface area contributed by atoms with Crippen molar-refractivity contribution >= 4 is 23.0 Å². The quantitative estimate of drug-likeness (QED) is 0.298. The first-order valence-corrected chi connectivity index (χ1v) is 12.3. The van der Waals surface area contributed by atoms with Crippen molar-refractivity contribution in [3.8, 4) is 0 Å². The number of carbonyl (C=O) groups excluding carboxylic acids is 1. The summed E-state index contributed by atoms with van der Waals surface area (Å²) in [7, 11) is 0. The van der Waals surface area contributed by atoms with Crippen LogP contribution in [0.2, 0.25) is 0 Å². The lowest BCUT2D eigenvalue weighted by Crippen LogP contribution is -2.56. The summed E-state index contributed by atoms with van der Waals surface area (Å²) in [5, 5.41) is 8.07. The average Bonchev–Trinajstić information content (AvgIpc) is 3.62. The molecule has 2 heterocycles. The van der Waals surface area contributed by atoms with Crippen molar-refractivity contribution < 1.29 is 4.79 Å². The molecule has 1 aliphatic heterocycles. The Labute approximate surface area is 215 Å². The fraction of sp³-hybridized carbons (Fsp3) is 0.0938. The number of benzene rings is 4. The van der Waals surface area contributed by atoms with Gasteiger partial charge in [0, 0.05) is 11.6 Å². The highest BCUT2D eigenvalue weighted by Gasteiger charge is 2.60. The van der Waals surface area contributed by atoms with Gasteiger partial charge in [0.05, 0.1) is 23.0 Å². The van der Waals surface area contributed by atoms with E-state index in [-0.39, 0.29) is 0 Å². The van der Waals surface area contributed by atoms with Gasteiger partial charge in [0.2, 0.25) is 5.91 Å². The SMILES string of the molecule is NC(=O)C(c1ccc2[nH]ncc2c1)C1(C(c2ccccc2)(c2ccccc2)c2ccccc2)C=CC=N1. The third-order valence-electron chi connectivity index (χ3n) is 7.47. The number of allylic oxidation sites excluding steroid dienone is 1. The summed E-state index contributed by atoms with van der Waals surface area (Å²) in [5.74, 6) is -1.22. The average molecular weight is 483 g/mol. The van der Waals surface area contributed by atoms with E-state index >= 15 is 0 Å². The summed E-state index contributed by atoms with van der Waals surface area (Å²) in [5.41, 5.74) is 9.11. The standard InChI is InChI=1S/C32H26N4O/c33-30(37)29(23-17-18-28-24(21-23)22-35-36-28)31(19-10-20-34-31)32(25-11-4-1-5-12-25,26-13-6-2-7-14-26)27-15-8-3-9-16-27/h1-22,29H,(H2,33,37)(H,35,36). The Balaban J connectivity index is 1.75. The van der Waals surface area contributed by atoms with Crippen molar-refractivity contribution in [1.82, 2.24) is 10.2 Å². The lowest BCUT2D eigenvalue weighted by molar-refractivity contribution is -0.120. The molecular weight excluding hydrogens is 456 g/mol. The van der Waals surface area contributed by atoms with Gasteiger partial charge in [-0.1, -0.05) is 103 Å². The molecule has 4 aromatic carbocycles. The van der Waals surface area contributed by atoms with Gasteiger partial charge >= 0.3 is 0 Å². The van der Waals surface area contributed by atoms with Crippen molar-refractivity contribution in [1.29, 1.82) is 0 Å². The molecule has 5 nitrogen and oxygen atoms in total. The molecule has 180 valence electrons. The van der Waals surface area contributed by atoms with Crippen LogP contribution in [0, 0.1) is 0 Å². The molecule has 37 heavy (non-hydrogen) atoms. The molecule has 0 bridgehead atoms. The van der Waals surface area contributed by atoms with Crippen molar-refractivity contribution in [2.24, 2.45) is 10.7 Å². The predicted octanol–water partition coefficient (Wildman–Crippen LogP) is 5.55. The molecule has 0 spiro atoms. The molecule has 0 fully saturated rings. The third-order valence-corrected chi connectivity index (χ3v) is 7.47. The van der Waals surface area contributed by atoms with E-state index in [4.69, 9.17) is 10.7 Å². The second-order valence-electron chi connectivity index (χ2n) is 9.36. The zero-order valence-corrected chi connectivity index (χ0v) is 20.2.